The highest BCUT2D eigenvalue weighted by Gasteiger charge is 2.42. The summed E-state index contributed by atoms with van der Waals surface area (Å²) in [4.78, 5) is 30.1. The highest BCUT2D eigenvalue weighted by atomic mass is 17.2. The van der Waals surface area contributed by atoms with Crippen LogP contribution in [0.15, 0.2) is 0 Å². The summed E-state index contributed by atoms with van der Waals surface area (Å²) in [5, 5.41) is 17.0. The first-order valence-corrected chi connectivity index (χ1v) is 3.78. The van der Waals surface area contributed by atoms with Crippen LogP contribution in [0.5, 0.6) is 0 Å². The van der Waals surface area contributed by atoms with E-state index in [2.05, 4.69) is 4.81 Å². The van der Waals surface area contributed by atoms with Gasteiger partial charge in [0.25, 0.3) is 0 Å². The van der Waals surface area contributed by atoms with Crippen LogP contribution in [0.25, 0.3) is 0 Å². The van der Waals surface area contributed by atoms with Crippen molar-refractivity contribution in [2.24, 2.45) is 0 Å². The zero-order chi connectivity index (χ0) is 9.90. The van der Waals surface area contributed by atoms with Gasteiger partial charge in [-0.2, -0.15) is 0 Å². The van der Waals surface area contributed by atoms with E-state index < -0.39 is 17.5 Å². The number of aliphatic carboxylic acids is 2. The molecule has 7 heteroatoms. The van der Waals surface area contributed by atoms with E-state index in [0.717, 1.165) is 0 Å². The Morgan fingerprint density at radius 3 is 2.15 bits per heavy atom. The second-order valence-electron chi connectivity index (χ2n) is 2.98. The van der Waals surface area contributed by atoms with Crippen LogP contribution in [0.1, 0.15) is 12.8 Å². The highest BCUT2D eigenvalue weighted by Crippen LogP contribution is 2.30. The first-order chi connectivity index (χ1) is 6.04. The van der Waals surface area contributed by atoms with Gasteiger partial charge in [-0.15, -0.1) is 0 Å². The second-order valence-corrected chi connectivity index (χ2v) is 2.98. The van der Waals surface area contributed by atoms with Gasteiger partial charge in [0.2, 0.25) is 0 Å². The quantitative estimate of drug-likeness (QED) is 0.452. The number of hydrogen-bond donors (Lipinski definition) is 2. The van der Waals surface area contributed by atoms with E-state index in [0.29, 0.717) is 6.32 Å². The molecule has 0 atom stereocenters. The van der Waals surface area contributed by atoms with E-state index in [1.807, 2.05) is 0 Å². The maximum atomic E-state index is 10.4. The fraction of sp³-hybridized carbons (Fsp3) is 0.667. The molecule has 2 N–H and O–H groups in total. The molecular formula is C6H9BO6. The molecule has 0 aromatic rings. The average Bonchev–Trinajstić information content (AvgIpc) is 2.33. The highest BCUT2D eigenvalue weighted by molar-refractivity contribution is 6.28. The Hall–Kier alpha value is -1.08. The predicted molar refractivity (Wildman–Crippen MR) is 41.4 cm³/mol. The summed E-state index contributed by atoms with van der Waals surface area (Å²) in [7, 11) is 0.237. The third-order valence-electron chi connectivity index (χ3n) is 1.82. The summed E-state index contributed by atoms with van der Waals surface area (Å²) >= 11 is 0. The molecule has 13 heavy (non-hydrogen) atoms. The molecule has 1 fully saturated rings. The van der Waals surface area contributed by atoms with Crippen molar-refractivity contribution in [2.45, 2.75) is 24.8 Å². The lowest BCUT2D eigenvalue weighted by atomic mass is 9.79. The monoisotopic (exact) mass is 188 g/mol. The Labute approximate surface area is 74.6 Å². The van der Waals surface area contributed by atoms with Crippen molar-refractivity contribution in [1.82, 2.24) is 0 Å². The molecule has 0 bridgehead atoms. The van der Waals surface area contributed by atoms with Crippen LogP contribution >= 0.6 is 0 Å². The van der Waals surface area contributed by atoms with Crippen molar-refractivity contribution < 1.29 is 29.5 Å². The van der Waals surface area contributed by atoms with Crippen molar-refractivity contribution >= 4 is 19.4 Å². The Kier molecular flexibility index (Phi) is 2.89. The maximum absolute atomic E-state index is 10.4. The van der Waals surface area contributed by atoms with Crippen LogP contribution in [0.3, 0.4) is 0 Å². The fourth-order valence-electron chi connectivity index (χ4n) is 1.29. The summed E-state index contributed by atoms with van der Waals surface area (Å²) in [6.45, 7) is 0. The summed E-state index contributed by atoms with van der Waals surface area (Å²) in [5.41, 5.74) is -1.18. The van der Waals surface area contributed by atoms with Gasteiger partial charge in [-0.25, -0.2) is 4.89 Å². The van der Waals surface area contributed by atoms with E-state index in [-0.39, 0.29) is 20.3 Å². The van der Waals surface area contributed by atoms with E-state index in [9.17, 15) is 9.59 Å². The van der Waals surface area contributed by atoms with E-state index in [1.54, 1.807) is 0 Å². The molecule has 0 radical (unpaired) electrons. The third kappa shape index (κ3) is 2.71. The number of carboxylic acids is 2. The van der Waals surface area contributed by atoms with E-state index in [4.69, 9.17) is 15.1 Å². The lowest BCUT2D eigenvalue weighted by Crippen LogP contribution is -2.33. The zero-order valence-corrected chi connectivity index (χ0v) is 6.86. The van der Waals surface area contributed by atoms with Gasteiger partial charge in [0.1, 0.15) is 5.60 Å². The molecule has 1 aliphatic rings. The van der Waals surface area contributed by atoms with E-state index >= 15 is 0 Å². The first-order valence-electron chi connectivity index (χ1n) is 3.78. The zero-order valence-electron chi connectivity index (χ0n) is 6.86. The standard InChI is InChI=1S/C6H9BO6/c8-4(9)1-6(2-5(10)11)3-7-13-12-6/h7H,1-3H2,(H,8,9)(H,10,11). The largest absolute Gasteiger partial charge is 0.481 e. The van der Waals surface area contributed by atoms with Crippen LogP contribution in [-0.2, 0) is 19.3 Å². The molecule has 72 valence electrons. The lowest BCUT2D eigenvalue weighted by molar-refractivity contribution is -0.267. The van der Waals surface area contributed by atoms with Crippen molar-refractivity contribution in [3.63, 3.8) is 0 Å². The number of rotatable bonds is 4. The van der Waals surface area contributed by atoms with Gasteiger partial charge in [0.15, 0.2) is 0 Å². The van der Waals surface area contributed by atoms with Crippen molar-refractivity contribution in [3.05, 3.63) is 0 Å². The molecule has 0 unspecified atom stereocenters. The topological polar surface area (TPSA) is 93.1 Å². The van der Waals surface area contributed by atoms with Gasteiger partial charge in [0.05, 0.1) is 12.8 Å². The SMILES string of the molecule is O=C(O)CC1(CC(=O)O)CBOO1. The number of carboxylic acid groups (broad SMARTS) is 2. The van der Waals surface area contributed by atoms with Crippen LogP contribution in [0.4, 0.5) is 0 Å². The van der Waals surface area contributed by atoms with Crippen LogP contribution in [-0.4, -0.2) is 35.2 Å². The molecule has 1 aliphatic heterocycles. The van der Waals surface area contributed by atoms with Crippen molar-refractivity contribution in [3.8, 4) is 0 Å². The number of hydrogen-bond acceptors (Lipinski definition) is 4. The molecular weight excluding hydrogens is 179 g/mol. The fourth-order valence-corrected chi connectivity index (χ4v) is 1.29. The molecule has 0 aliphatic carbocycles. The Morgan fingerprint density at radius 1 is 1.31 bits per heavy atom. The second kappa shape index (κ2) is 3.76. The lowest BCUT2D eigenvalue weighted by Gasteiger charge is -2.21. The smallest absolute Gasteiger partial charge is 0.326 e. The summed E-state index contributed by atoms with van der Waals surface area (Å²) in [6, 6.07) is 0. The van der Waals surface area contributed by atoms with Crippen LogP contribution < -0.4 is 0 Å². The van der Waals surface area contributed by atoms with Crippen molar-refractivity contribution in [1.29, 1.82) is 0 Å². The van der Waals surface area contributed by atoms with Crippen LogP contribution in [0.2, 0.25) is 6.32 Å². The summed E-state index contributed by atoms with van der Waals surface area (Å²) in [5.74, 6) is -2.18. The summed E-state index contributed by atoms with van der Waals surface area (Å²) in [6.07, 6.45) is -0.399. The molecule has 0 aromatic carbocycles. The minimum Gasteiger partial charge on any atom is -0.481 e. The third-order valence-corrected chi connectivity index (χ3v) is 1.82. The molecule has 0 amide bonds. The minimum atomic E-state index is -1.18. The average molecular weight is 188 g/mol. The Balaban J connectivity index is 2.62. The van der Waals surface area contributed by atoms with E-state index in [1.165, 1.54) is 0 Å². The molecule has 0 aromatic heterocycles. The molecule has 1 rings (SSSR count). The minimum absolute atomic E-state index is 0.237. The van der Waals surface area contributed by atoms with Crippen LogP contribution in [0, 0.1) is 0 Å². The van der Waals surface area contributed by atoms with Gasteiger partial charge in [-0.1, -0.05) is 0 Å². The normalized spacial score (nSPS) is 19.4. The molecule has 6 nitrogen and oxygen atoms in total. The number of carbonyl (C=O) groups is 2. The Bertz CT molecular complexity index is 203. The maximum Gasteiger partial charge on any atom is 0.326 e. The van der Waals surface area contributed by atoms with Gasteiger partial charge in [-0.3, -0.25) is 9.59 Å². The van der Waals surface area contributed by atoms with Gasteiger partial charge < -0.3 is 15.0 Å². The molecule has 1 saturated heterocycles. The van der Waals surface area contributed by atoms with Crippen molar-refractivity contribution in [2.75, 3.05) is 0 Å². The van der Waals surface area contributed by atoms with Gasteiger partial charge >= 0.3 is 19.4 Å². The Morgan fingerprint density at radius 2 is 1.85 bits per heavy atom. The van der Waals surface area contributed by atoms with Gasteiger partial charge in [0, 0.05) is 0 Å². The molecule has 0 saturated carbocycles. The molecule has 1 heterocycles. The van der Waals surface area contributed by atoms with Gasteiger partial charge in [-0.05, 0) is 6.32 Å². The summed E-state index contributed by atoms with van der Waals surface area (Å²) < 4.78 is 0. The predicted octanol–water partition coefficient (Wildman–Crippen LogP) is -0.594. The first kappa shape index (κ1) is 10.0. The molecule has 0 spiro atoms.